The van der Waals surface area contributed by atoms with Crippen molar-refractivity contribution >= 4 is 33.0 Å². The van der Waals surface area contributed by atoms with Crippen LogP contribution in [0.15, 0.2) is 46.0 Å². The molecule has 176 valence electrons. The maximum absolute atomic E-state index is 12.6. The van der Waals surface area contributed by atoms with E-state index in [1.165, 1.54) is 48.4 Å². The van der Waals surface area contributed by atoms with Gasteiger partial charge in [0.25, 0.3) is 15.9 Å². The van der Waals surface area contributed by atoms with Gasteiger partial charge in [-0.15, -0.1) is 11.3 Å². The standard InChI is InChI=1S/C23H33N3O4S2/c1-25(2)23(14-6-4-5-7-15-23)18-24-21(27)17-30-20-12-10-19(11-13-20)26(3)32(28,29)22-9-8-16-31-22/h8-13,16H,4-7,14-15,17-18H2,1-3H3,(H,24,27). The van der Waals surface area contributed by atoms with Gasteiger partial charge >= 0.3 is 0 Å². The fourth-order valence-corrected chi connectivity index (χ4v) is 6.42. The highest BCUT2D eigenvalue weighted by Gasteiger charge is 2.33. The Balaban J connectivity index is 1.53. The number of likely N-dealkylation sites (N-methyl/N-ethyl adjacent to an activating group) is 1. The number of amides is 1. The van der Waals surface area contributed by atoms with Crippen molar-refractivity contribution in [3.05, 3.63) is 41.8 Å². The molecule has 0 unspecified atom stereocenters. The first-order valence-corrected chi connectivity index (χ1v) is 13.3. The Hall–Kier alpha value is -2.10. The summed E-state index contributed by atoms with van der Waals surface area (Å²) in [6.45, 7) is 0.540. The van der Waals surface area contributed by atoms with Gasteiger partial charge in [0.1, 0.15) is 9.96 Å². The lowest BCUT2D eigenvalue weighted by Gasteiger charge is -2.39. The largest absolute Gasteiger partial charge is 0.484 e. The number of carbonyl (C=O) groups excluding carboxylic acids is 1. The molecule has 0 saturated heterocycles. The minimum absolute atomic E-state index is 0.00640. The fraction of sp³-hybridized carbons (Fsp3) is 0.522. The third-order valence-electron chi connectivity index (χ3n) is 6.28. The van der Waals surface area contributed by atoms with Crippen LogP contribution in [0.5, 0.6) is 5.75 Å². The van der Waals surface area contributed by atoms with Crippen LogP contribution in [0.2, 0.25) is 0 Å². The van der Waals surface area contributed by atoms with Gasteiger partial charge in [0.2, 0.25) is 0 Å². The van der Waals surface area contributed by atoms with Crippen LogP contribution in [-0.4, -0.2) is 59.1 Å². The molecule has 1 heterocycles. The first-order valence-electron chi connectivity index (χ1n) is 10.9. The van der Waals surface area contributed by atoms with Gasteiger partial charge in [-0.3, -0.25) is 9.10 Å². The van der Waals surface area contributed by atoms with Crippen LogP contribution in [0.25, 0.3) is 0 Å². The van der Waals surface area contributed by atoms with Crippen molar-refractivity contribution in [2.24, 2.45) is 0 Å². The molecule has 3 rings (SSSR count). The van der Waals surface area contributed by atoms with E-state index < -0.39 is 10.0 Å². The van der Waals surface area contributed by atoms with E-state index in [0.29, 0.717) is 22.2 Å². The van der Waals surface area contributed by atoms with E-state index in [1.807, 2.05) is 0 Å². The first-order chi connectivity index (χ1) is 15.2. The molecule has 0 bridgehead atoms. The zero-order valence-electron chi connectivity index (χ0n) is 19.0. The molecule has 1 aliphatic carbocycles. The molecule has 1 saturated carbocycles. The second-order valence-electron chi connectivity index (χ2n) is 8.50. The predicted octanol–water partition coefficient (Wildman–Crippen LogP) is 3.72. The van der Waals surface area contributed by atoms with Crippen molar-refractivity contribution < 1.29 is 17.9 Å². The van der Waals surface area contributed by atoms with Crippen LogP contribution in [0.3, 0.4) is 0 Å². The highest BCUT2D eigenvalue weighted by molar-refractivity contribution is 7.94. The smallest absolute Gasteiger partial charge is 0.273 e. The number of rotatable bonds is 9. The molecule has 1 aromatic heterocycles. The van der Waals surface area contributed by atoms with Gasteiger partial charge in [0.15, 0.2) is 6.61 Å². The van der Waals surface area contributed by atoms with Gasteiger partial charge < -0.3 is 15.0 Å². The van der Waals surface area contributed by atoms with E-state index in [-0.39, 0.29) is 18.1 Å². The lowest BCUT2D eigenvalue weighted by molar-refractivity contribution is -0.123. The molecule has 0 aliphatic heterocycles. The van der Waals surface area contributed by atoms with E-state index >= 15 is 0 Å². The van der Waals surface area contributed by atoms with Gasteiger partial charge in [-0.25, -0.2) is 8.42 Å². The SMILES string of the molecule is CN(C)C1(CNC(=O)COc2ccc(N(C)S(=O)(=O)c3cccs3)cc2)CCCCCC1. The summed E-state index contributed by atoms with van der Waals surface area (Å²) < 4.78 is 32.4. The van der Waals surface area contributed by atoms with Gasteiger partial charge in [0.05, 0.1) is 5.69 Å². The Morgan fingerprint density at radius 1 is 1.06 bits per heavy atom. The summed E-state index contributed by atoms with van der Waals surface area (Å²) in [5, 5.41) is 4.78. The van der Waals surface area contributed by atoms with Crippen LogP contribution in [-0.2, 0) is 14.8 Å². The van der Waals surface area contributed by atoms with Crippen molar-refractivity contribution in [2.45, 2.75) is 48.3 Å². The maximum Gasteiger partial charge on any atom is 0.273 e. The number of sulfonamides is 1. The van der Waals surface area contributed by atoms with E-state index in [1.54, 1.807) is 41.8 Å². The molecule has 1 amide bonds. The van der Waals surface area contributed by atoms with Crippen molar-refractivity contribution in [1.29, 1.82) is 0 Å². The molecule has 1 fully saturated rings. The van der Waals surface area contributed by atoms with Crippen LogP contribution in [0.4, 0.5) is 5.69 Å². The molecular formula is C23H33N3O4S2. The quantitative estimate of drug-likeness (QED) is 0.555. The molecule has 1 N–H and O–H groups in total. The summed E-state index contributed by atoms with van der Waals surface area (Å²) >= 11 is 1.18. The van der Waals surface area contributed by atoms with Crippen molar-refractivity contribution in [3.63, 3.8) is 0 Å². The van der Waals surface area contributed by atoms with Crippen LogP contribution >= 0.6 is 11.3 Å². The van der Waals surface area contributed by atoms with Gasteiger partial charge in [-0.2, -0.15) is 0 Å². The molecule has 9 heteroatoms. The van der Waals surface area contributed by atoms with E-state index in [0.717, 1.165) is 12.8 Å². The van der Waals surface area contributed by atoms with Gasteiger partial charge in [0, 0.05) is 19.1 Å². The second kappa shape index (κ2) is 10.7. The van der Waals surface area contributed by atoms with Crippen molar-refractivity contribution in [1.82, 2.24) is 10.2 Å². The minimum atomic E-state index is -3.58. The Morgan fingerprint density at radius 3 is 2.28 bits per heavy atom. The number of hydrogen-bond donors (Lipinski definition) is 1. The molecule has 2 aromatic rings. The first kappa shape index (κ1) is 24.5. The lowest BCUT2D eigenvalue weighted by Crippen LogP contribution is -2.53. The van der Waals surface area contributed by atoms with E-state index in [9.17, 15) is 13.2 Å². The molecule has 1 aromatic carbocycles. The molecule has 32 heavy (non-hydrogen) atoms. The number of ether oxygens (including phenoxy) is 1. The average Bonchev–Trinajstić information content (AvgIpc) is 3.23. The summed E-state index contributed by atoms with van der Waals surface area (Å²) in [5.41, 5.74) is 0.531. The zero-order valence-corrected chi connectivity index (χ0v) is 20.7. The number of thiophene rings is 1. The molecule has 0 atom stereocenters. The Bertz CT molecular complexity index is 965. The zero-order chi connectivity index (χ0) is 23.2. The maximum atomic E-state index is 12.6. The normalized spacial score (nSPS) is 16.4. The number of carbonyl (C=O) groups is 1. The summed E-state index contributed by atoms with van der Waals surface area (Å²) in [7, 11) is 2.12. The third kappa shape index (κ3) is 5.82. The Morgan fingerprint density at radius 2 is 1.72 bits per heavy atom. The van der Waals surface area contributed by atoms with Crippen LogP contribution < -0.4 is 14.4 Å². The predicted molar refractivity (Wildman–Crippen MR) is 129 cm³/mol. The Labute approximate surface area is 195 Å². The summed E-state index contributed by atoms with van der Waals surface area (Å²) in [5.74, 6) is 0.361. The Kier molecular flexibility index (Phi) is 8.19. The number of hydrogen-bond acceptors (Lipinski definition) is 6. The fourth-order valence-electron chi connectivity index (χ4n) is 4.07. The lowest BCUT2D eigenvalue weighted by atomic mass is 9.88. The summed E-state index contributed by atoms with van der Waals surface area (Å²) in [4.78, 5) is 14.7. The second-order valence-corrected chi connectivity index (χ2v) is 11.6. The van der Waals surface area contributed by atoms with Crippen molar-refractivity contribution in [3.8, 4) is 5.75 Å². The topological polar surface area (TPSA) is 79.0 Å². The highest BCUT2D eigenvalue weighted by Crippen LogP contribution is 2.30. The summed E-state index contributed by atoms with van der Waals surface area (Å²) in [6, 6.07) is 9.99. The molecular weight excluding hydrogens is 446 g/mol. The molecule has 0 spiro atoms. The molecule has 7 nitrogen and oxygen atoms in total. The monoisotopic (exact) mass is 479 g/mol. The van der Waals surface area contributed by atoms with Gasteiger partial charge in [-0.1, -0.05) is 31.7 Å². The average molecular weight is 480 g/mol. The van der Waals surface area contributed by atoms with Crippen molar-refractivity contribution in [2.75, 3.05) is 38.6 Å². The van der Waals surface area contributed by atoms with Crippen LogP contribution in [0, 0.1) is 0 Å². The van der Waals surface area contributed by atoms with E-state index in [4.69, 9.17) is 4.74 Å². The number of anilines is 1. The molecule has 1 aliphatic rings. The summed E-state index contributed by atoms with van der Waals surface area (Å²) in [6.07, 6.45) is 7.06. The highest BCUT2D eigenvalue weighted by atomic mass is 32.2. The minimum Gasteiger partial charge on any atom is -0.484 e. The number of nitrogens with zero attached hydrogens (tertiary/aromatic N) is 2. The van der Waals surface area contributed by atoms with Gasteiger partial charge in [-0.05, 0) is 62.6 Å². The van der Waals surface area contributed by atoms with E-state index in [2.05, 4.69) is 24.3 Å². The molecule has 0 radical (unpaired) electrons. The number of benzene rings is 1. The number of nitrogens with one attached hydrogen (secondary N) is 1. The third-order valence-corrected chi connectivity index (χ3v) is 9.44. The van der Waals surface area contributed by atoms with Crippen LogP contribution in [0.1, 0.15) is 38.5 Å².